The standard InChI is InChI=1S/C24H26BrN3O3/c1-27-13-17-8-21-24(30-3,19-5-4-6-20(27)22(17)19)9-15(12-28(21)2)14-31-23(29)16-7-18(25)11-26-10-16/h4-7,10-11,13,15,21H,8-9,12,14H2,1-3H3/t15-,21-,24+/m1/s1/i14+2. The number of fused-ring (bicyclic) bond motifs is 2. The summed E-state index contributed by atoms with van der Waals surface area (Å²) >= 11 is 3.35. The van der Waals surface area contributed by atoms with E-state index in [4.69, 9.17) is 9.47 Å². The van der Waals surface area contributed by atoms with E-state index in [1.54, 1.807) is 12.3 Å². The Morgan fingerprint density at radius 3 is 2.94 bits per heavy atom. The summed E-state index contributed by atoms with van der Waals surface area (Å²) in [5, 5.41) is 1.31. The van der Waals surface area contributed by atoms with E-state index < -0.39 is 5.60 Å². The fourth-order valence-electron chi connectivity index (χ4n) is 5.63. The van der Waals surface area contributed by atoms with Gasteiger partial charge < -0.3 is 14.0 Å². The van der Waals surface area contributed by atoms with Gasteiger partial charge in [0.1, 0.15) is 5.60 Å². The van der Waals surface area contributed by atoms with E-state index in [9.17, 15) is 4.79 Å². The molecule has 31 heavy (non-hydrogen) atoms. The van der Waals surface area contributed by atoms with Crippen LogP contribution in [0.2, 0.25) is 0 Å². The maximum Gasteiger partial charge on any atom is 0.339 e. The minimum absolute atomic E-state index is 0.172. The summed E-state index contributed by atoms with van der Waals surface area (Å²) < 4.78 is 15.0. The summed E-state index contributed by atoms with van der Waals surface area (Å²) in [4.78, 5) is 19.0. The van der Waals surface area contributed by atoms with Crippen LogP contribution in [-0.2, 0) is 28.5 Å². The molecule has 0 radical (unpaired) electrons. The fourth-order valence-corrected chi connectivity index (χ4v) is 5.99. The third-order valence-corrected chi connectivity index (χ3v) is 7.36. The first-order valence-electron chi connectivity index (χ1n) is 10.5. The highest BCUT2D eigenvalue weighted by Gasteiger charge is 2.51. The van der Waals surface area contributed by atoms with E-state index in [2.05, 4.69) is 68.9 Å². The number of likely N-dealkylation sites (tertiary alicyclic amines) is 1. The predicted molar refractivity (Wildman–Crippen MR) is 122 cm³/mol. The van der Waals surface area contributed by atoms with Crippen molar-refractivity contribution in [3.05, 3.63) is 64.0 Å². The van der Waals surface area contributed by atoms with Crippen molar-refractivity contribution in [3.8, 4) is 0 Å². The number of carbonyl (C=O) groups excluding carboxylic acids is 1. The van der Waals surface area contributed by atoms with E-state index in [1.165, 1.54) is 28.2 Å². The minimum atomic E-state index is -0.421. The van der Waals surface area contributed by atoms with Gasteiger partial charge >= 0.3 is 5.97 Å². The molecule has 3 atom stereocenters. The highest BCUT2D eigenvalue weighted by Crippen LogP contribution is 2.49. The number of aromatic nitrogens is 2. The lowest BCUT2D eigenvalue weighted by atomic mass is 9.70. The Kier molecular flexibility index (Phi) is 5.15. The van der Waals surface area contributed by atoms with Crippen molar-refractivity contribution in [1.82, 2.24) is 14.5 Å². The number of hydrogen-bond acceptors (Lipinski definition) is 5. The number of esters is 1. The van der Waals surface area contributed by atoms with Crippen molar-refractivity contribution in [2.45, 2.75) is 24.5 Å². The second kappa shape index (κ2) is 7.73. The number of nitrogens with zero attached hydrogens (tertiary/aromatic N) is 3. The molecule has 1 aromatic carbocycles. The Bertz CT molecular complexity index is 1160. The van der Waals surface area contributed by atoms with Crippen LogP contribution in [0.5, 0.6) is 0 Å². The highest BCUT2D eigenvalue weighted by molar-refractivity contribution is 9.10. The summed E-state index contributed by atoms with van der Waals surface area (Å²) in [5.74, 6) is -0.174. The number of methoxy groups -OCH3 is 1. The number of piperidine rings is 1. The molecule has 1 saturated heterocycles. The monoisotopic (exact) mass is 485 g/mol. The number of hydrogen-bond donors (Lipinski definition) is 0. The molecule has 6 nitrogen and oxygen atoms in total. The lowest BCUT2D eigenvalue weighted by molar-refractivity contribution is -0.131. The van der Waals surface area contributed by atoms with Gasteiger partial charge in [-0.25, -0.2) is 4.79 Å². The number of rotatable bonds is 4. The summed E-state index contributed by atoms with van der Waals surface area (Å²) in [6.45, 7) is 1.21. The molecule has 162 valence electrons. The molecular weight excluding hydrogens is 460 g/mol. The summed E-state index contributed by atoms with van der Waals surface area (Å²) in [5.41, 5.74) is 3.90. The molecule has 3 aromatic rings. The maximum atomic E-state index is 12.5. The molecular formula is C24H26BrN3O3. The average molecular weight is 486 g/mol. The average Bonchev–Trinajstić information content (AvgIpc) is 3.09. The second-order valence-electron chi connectivity index (χ2n) is 8.78. The SMILES string of the molecule is CO[C@]12C[C@@H]([14CH2]OC(=O)c3cncc(Br)c3)CN(C)[C@@H]1Cc1cn(C)c3cccc2c13. The molecule has 0 saturated carbocycles. The molecule has 2 aromatic heterocycles. The van der Waals surface area contributed by atoms with Crippen molar-refractivity contribution < 1.29 is 14.3 Å². The van der Waals surface area contributed by atoms with Gasteiger partial charge in [-0.05, 0) is 59.1 Å². The van der Waals surface area contributed by atoms with Crippen LogP contribution in [0.25, 0.3) is 10.9 Å². The van der Waals surface area contributed by atoms with Gasteiger partial charge in [0.15, 0.2) is 0 Å². The first-order valence-corrected chi connectivity index (χ1v) is 11.3. The number of likely N-dealkylation sites (N-methyl/N-ethyl adjacent to an activating group) is 1. The molecule has 7 heteroatoms. The second-order valence-corrected chi connectivity index (χ2v) is 9.69. The lowest BCUT2D eigenvalue weighted by Crippen LogP contribution is -2.59. The predicted octanol–water partition coefficient (Wildman–Crippen LogP) is 3.91. The number of benzene rings is 1. The molecule has 1 fully saturated rings. The van der Waals surface area contributed by atoms with Gasteiger partial charge in [-0.1, -0.05) is 12.1 Å². The van der Waals surface area contributed by atoms with Crippen LogP contribution in [0, 0.1) is 5.92 Å². The number of aryl methyl sites for hydroxylation is 1. The highest BCUT2D eigenvalue weighted by atomic mass is 79.9. The molecule has 5 rings (SSSR count). The Hall–Kier alpha value is -2.22. The lowest BCUT2D eigenvalue weighted by Gasteiger charge is -2.53. The van der Waals surface area contributed by atoms with Gasteiger partial charge in [0, 0.05) is 66.6 Å². The van der Waals surface area contributed by atoms with Gasteiger partial charge in [-0.2, -0.15) is 0 Å². The van der Waals surface area contributed by atoms with E-state index in [-0.39, 0.29) is 17.9 Å². The van der Waals surface area contributed by atoms with Crippen LogP contribution in [0.15, 0.2) is 47.3 Å². The van der Waals surface area contributed by atoms with Gasteiger partial charge in [0.2, 0.25) is 0 Å². The fraction of sp³-hybridized carbons (Fsp3) is 0.417. The first-order chi connectivity index (χ1) is 14.9. The summed E-state index contributed by atoms with van der Waals surface area (Å²) in [6, 6.07) is 8.47. The molecule has 2 aliphatic rings. The zero-order valence-electron chi connectivity index (χ0n) is 18.0. The molecule has 0 N–H and O–H groups in total. The zero-order valence-corrected chi connectivity index (χ0v) is 19.6. The molecule has 0 bridgehead atoms. The van der Waals surface area contributed by atoms with Gasteiger partial charge in [-0.15, -0.1) is 0 Å². The van der Waals surface area contributed by atoms with Crippen LogP contribution >= 0.6 is 15.9 Å². The molecule has 0 spiro atoms. The van der Waals surface area contributed by atoms with Crippen molar-refractivity contribution in [1.29, 1.82) is 0 Å². The first kappa shape index (κ1) is 20.7. The molecule has 0 amide bonds. The van der Waals surface area contributed by atoms with Gasteiger partial charge in [0.05, 0.1) is 12.2 Å². The Morgan fingerprint density at radius 2 is 2.16 bits per heavy atom. The Labute approximate surface area is 190 Å². The number of ether oxygens (including phenoxy) is 2. The molecule has 1 aliphatic heterocycles. The topological polar surface area (TPSA) is 56.6 Å². The minimum Gasteiger partial charge on any atom is -0.462 e. The van der Waals surface area contributed by atoms with E-state index >= 15 is 0 Å². The van der Waals surface area contributed by atoms with Crippen LogP contribution in [0.4, 0.5) is 0 Å². The summed E-state index contributed by atoms with van der Waals surface area (Å²) in [7, 11) is 6.07. The van der Waals surface area contributed by atoms with Crippen LogP contribution in [0.3, 0.4) is 0 Å². The van der Waals surface area contributed by atoms with E-state index in [0.717, 1.165) is 23.9 Å². The van der Waals surface area contributed by atoms with Gasteiger partial charge in [0.25, 0.3) is 0 Å². The van der Waals surface area contributed by atoms with Crippen LogP contribution in [0.1, 0.15) is 27.9 Å². The van der Waals surface area contributed by atoms with Crippen molar-refractivity contribution >= 4 is 32.8 Å². The smallest absolute Gasteiger partial charge is 0.339 e. The normalized spacial score (nSPS) is 25.4. The number of carbonyl (C=O) groups is 1. The van der Waals surface area contributed by atoms with E-state index in [0.29, 0.717) is 12.2 Å². The molecule has 3 heterocycles. The molecule has 0 unspecified atom stereocenters. The largest absolute Gasteiger partial charge is 0.462 e. The van der Waals surface area contributed by atoms with Crippen molar-refractivity contribution in [2.75, 3.05) is 27.3 Å². The van der Waals surface area contributed by atoms with Crippen molar-refractivity contribution in [3.63, 3.8) is 0 Å². The molecule has 1 aliphatic carbocycles. The Morgan fingerprint density at radius 1 is 1.32 bits per heavy atom. The third-order valence-electron chi connectivity index (χ3n) is 6.93. The zero-order chi connectivity index (χ0) is 21.8. The maximum absolute atomic E-state index is 12.5. The number of pyridine rings is 1. The van der Waals surface area contributed by atoms with E-state index in [1.807, 2.05) is 7.11 Å². The van der Waals surface area contributed by atoms with Crippen LogP contribution < -0.4 is 0 Å². The van der Waals surface area contributed by atoms with Crippen LogP contribution in [-0.4, -0.2) is 53.8 Å². The summed E-state index contributed by atoms with van der Waals surface area (Å²) in [6.07, 6.45) is 7.20. The van der Waals surface area contributed by atoms with Gasteiger partial charge in [-0.3, -0.25) is 9.88 Å². The number of halogens is 1. The Balaban J connectivity index is 1.44. The van der Waals surface area contributed by atoms with Crippen molar-refractivity contribution in [2.24, 2.45) is 13.0 Å². The third kappa shape index (κ3) is 3.30. The quantitative estimate of drug-likeness (QED) is 0.524.